The molecule has 0 amide bonds. The SMILES string of the molecule is CC1=C2C[C@H]3[C@@H](CC=C4C[C@@H](O)CC[C@@]43C)[C@@H]2CC[C@]12O[C@@H]1C[C@H](C)CN(Cc3cn([C@@H]4O[C@@H](C)[C@H](O)[C@@H](O)[C@H]4O)nn3)[C@H]1[C@H]2C. The van der Waals surface area contributed by atoms with Crippen molar-refractivity contribution in [2.45, 2.75) is 147 Å². The van der Waals surface area contributed by atoms with Crippen LogP contribution in [0.1, 0.15) is 97.9 Å². The molecule has 254 valence electrons. The number of aliphatic hydroxyl groups is 4. The Morgan fingerprint density at radius 2 is 1.83 bits per heavy atom. The molecule has 10 heteroatoms. The lowest BCUT2D eigenvalue weighted by Gasteiger charge is -2.49. The summed E-state index contributed by atoms with van der Waals surface area (Å²) in [6.45, 7) is 12.9. The van der Waals surface area contributed by atoms with Gasteiger partial charge in [-0.25, -0.2) is 4.68 Å². The molecule has 0 unspecified atom stereocenters. The van der Waals surface area contributed by atoms with E-state index < -0.39 is 30.6 Å². The van der Waals surface area contributed by atoms with Crippen molar-refractivity contribution in [1.82, 2.24) is 19.9 Å². The van der Waals surface area contributed by atoms with Gasteiger partial charge in [-0.15, -0.1) is 5.10 Å². The van der Waals surface area contributed by atoms with E-state index in [9.17, 15) is 20.4 Å². The van der Waals surface area contributed by atoms with Crippen molar-refractivity contribution in [1.29, 1.82) is 0 Å². The predicted octanol–water partition coefficient (Wildman–Crippen LogP) is 3.51. The fraction of sp³-hybridized carbons (Fsp3) is 0.833. The molecule has 0 bridgehead atoms. The number of likely N-dealkylation sites (tertiary alicyclic amines) is 1. The number of piperidine rings is 1. The van der Waals surface area contributed by atoms with E-state index in [1.807, 2.05) is 0 Å². The summed E-state index contributed by atoms with van der Waals surface area (Å²) in [5, 5.41) is 50.3. The molecule has 4 heterocycles. The molecule has 15 atom stereocenters. The molecule has 2 saturated carbocycles. The smallest absolute Gasteiger partial charge is 0.180 e. The molecule has 8 rings (SSSR count). The second-order valence-electron chi connectivity index (χ2n) is 16.5. The van der Waals surface area contributed by atoms with Crippen LogP contribution in [0.15, 0.2) is 29.0 Å². The molecule has 7 aliphatic rings. The van der Waals surface area contributed by atoms with Gasteiger partial charge in [-0.1, -0.05) is 43.2 Å². The summed E-state index contributed by atoms with van der Waals surface area (Å²) in [6.07, 6.45) is 7.56. The van der Waals surface area contributed by atoms with Crippen LogP contribution in [0.25, 0.3) is 0 Å². The lowest BCUT2D eigenvalue weighted by atomic mass is 9.56. The summed E-state index contributed by atoms with van der Waals surface area (Å²) in [4.78, 5) is 2.55. The van der Waals surface area contributed by atoms with Gasteiger partial charge in [-0.2, -0.15) is 0 Å². The van der Waals surface area contributed by atoms with E-state index in [4.69, 9.17) is 9.47 Å². The van der Waals surface area contributed by atoms with Crippen LogP contribution in [-0.4, -0.2) is 95.1 Å². The highest BCUT2D eigenvalue weighted by Gasteiger charge is 2.61. The van der Waals surface area contributed by atoms with E-state index in [0.717, 1.165) is 50.8 Å². The van der Waals surface area contributed by atoms with Gasteiger partial charge >= 0.3 is 0 Å². The maximum absolute atomic E-state index is 10.6. The normalized spacial score (nSPS) is 50.6. The van der Waals surface area contributed by atoms with Crippen LogP contribution in [-0.2, 0) is 16.0 Å². The number of allylic oxidation sites excluding steroid dienone is 2. The number of nitrogens with zero attached hydrogens (tertiary/aromatic N) is 4. The zero-order valence-electron chi connectivity index (χ0n) is 28.1. The molecule has 3 aliphatic heterocycles. The van der Waals surface area contributed by atoms with Crippen molar-refractivity contribution >= 4 is 0 Å². The highest BCUT2D eigenvalue weighted by atomic mass is 16.5. The fourth-order valence-electron chi connectivity index (χ4n) is 11.6. The summed E-state index contributed by atoms with van der Waals surface area (Å²) in [6, 6.07) is 0.274. The van der Waals surface area contributed by atoms with Gasteiger partial charge in [0.1, 0.15) is 18.3 Å². The van der Waals surface area contributed by atoms with E-state index in [1.54, 1.807) is 18.7 Å². The Morgan fingerprint density at radius 3 is 2.63 bits per heavy atom. The summed E-state index contributed by atoms with van der Waals surface area (Å²) >= 11 is 0. The Morgan fingerprint density at radius 1 is 1.02 bits per heavy atom. The molecule has 46 heavy (non-hydrogen) atoms. The first-order valence-electron chi connectivity index (χ1n) is 18.0. The Hall–Kier alpha value is -1.66. The molecule has 1 aromatic heterocycles. The Kier molecular flexibility index (Phi) is 7.68. The minimum Gasteiger partial charge on any atom is -0.393 e. The van der Waals surface area contributed by atoms with Crippen LogP contribution in [0.4, 0.5) is 0 Å². The van der Waals surface area contributed by atoms with Crippen LogP contribution in [0.5, 0.6) is 0 Å². The number of hydrogen-bond acceptors (Lipinski definition) is 9. The molecule has 4 N–H and O–H groups in total. The van der Waals surface area contributed by atoms with Gasteiger partial charge < -0.3 is 29.9 Å². The molecule has 1 spiro atoms. The number of rotatable bonds is 3. The van der Waals surface area contributed by atoms with Gasteiger partial charge in [0.15, 0.2) is 6.23 Å². The first kappa shape index (κ1) is 31.6. The number of hydrogen-bond donors (Lipinski definition) is 4. The molecule has 1 aromatic rings. The van der Waals surface area contributed by atoms with Crippen LogP contribution in [0, 0.1) is 35.0 Å². The minimum atomic E-state index is -1.31. The number of aliphatic hydroxyl groups excluding tert-OH is 4. The Bertz CT molecular complexity index is 1410. The largest absolute Gasteiger partial charge is 0.393 e. The third-order valence-corrected chi connectivity index (χ3v) is 14.1. The summed E-state index contributed by atoms with van der Waals surface area (Å²) in [5.74, 6) is 2.86. The van der Waals surface area contributed by atoms with Crippen molar-refractivity contribution in [3.8, 4) is 0 Å². The van der Waals surface area contributed by atoms with E-state index in [2.05, 4.69) is 49.0 Å². The zero-order valence-corrected chi connectivity index (χ0v) is 28.1. The van der Waals surface area contributed by atoms with Gasteiger partial charge in [-0.05, 0) is 99.9 Å². The van der Waals surface area contributed by atoms with Gasteiger partial charge in [-0.3, -0.25) is 4.90 Å². The molecule has 4 aliphatic carbocycles. The van der Waals surface area contributed by atoms with Crippen molar-refractivity contribution in [2.24, 2.45) is 35.0 Å². The molecule has 0 radical (unpaired) electrons. The molecule has 0 aromatic carbocycles. The minimum absolute atomic E-state index is 0.163. The maximum atomic E-state index is 10.6. The highest BCUT2D eigenvalue weighted by Crippen LogP contribution is 2.65. The average molecular weight is 639 g/mol. The lowest BCUT2D eigenvalue weighted by molar-refractivity contribution is -0.243. The molecule has 3 saturated heterocycles. The first-order valence-corrected chi connectivity index (χ1v) is 18.0. The van der Waals surface area contributed by atoms with E-state index in [-0.39, 0.29) is 29.3 Å². The molecule has 10 nitrogen and oxygen atoms in total. The second kappa shape index (κ2) is 11.2. The Balaban J connectivity index is 1.04. The molecule has 5 fully saturated rings. The van der Waals surface area contributed by atoms with Crippen LogP contribution >= 0.6 is 0 Å². The second-order valence-corrected chi connectivity index (χ2v) is 16.5. The number of ether oxygens (including phenoxy) is 2. The van der Waals surface area contributed by atoms with Gasteiger partial charge in [0, 0.05) is 25.0 Å². The summed E-state index contributed by atoms with van der Waals surface area (Å²) in [7, 11) is 0. The predicted molar refractivity (Wildman–Crippen MR) is 170 cm³/mol. The standard InChI is InChI=1S/C36H54N4O6/c1-18-12-29-30(39(15-18)16-23-17-40(38-37-23)34-33(44)32(43)31(42)21(4)45-34)20(3)36(46-29)11-9-25-26-7-6-22-13-24(41)8-10-35(22,5)28(26)14-27(25)19(36)2/h6,17-18,20-21,24-26,28-34,41-44H,7-16H2,1-5H3/t18-,20+,21-,24-,25-,26-,28-,29+,30-,31-,32+,33+,34+,35-,36-/m0/s1. The van der Waals surface area contributed by atoms with Crippen molar-refractivity contribution in [3.63, 3.8) is 0 Å². The van der Waals surface area contributed by atoms with Gasteiger partial charge in [0.2, 0.25) is 0 Å². The van der Waals surface area contributed by atoms with Crippen LogP contribution < -0.4 is 0 Å². The van der Waals surface area contributed by atoms with Crippen LogP contribution in [0.2, 0.25) is 0 Å². The average Bonchev–Trinajstić information content (AvgIpc) is 3.72. The summed E-state index contributed by atoms with van der Waals surface area (Å²) in [5.41, 5.74) is 5.49. The van der Waals surface area contributed by atoms with E-state index in [0.29, 0.717) is 36.1 Å². The van der Waals surface area contributed by atoms with E-state index in [1.165, 1.54) is 28.7 Å². The van der Waals surface area contributed by atoms with Crippen molar-refractivity contribution in [2.75, 3.05) is 6.54 Å². The third-order valence-electron chi connectivity index (χ3n) is 14.1. The zero-order chi connectivity index (χ0) is 32.3. The number of aromatic nitrogens is 3. The fourth-order valence-corrected chi connectivity index (χ4v) is 11.6. The third kappa shape index (κ3) is 4.61. The maximum Gasteiger partial charge on any atom is 0.180 e. The Labute approximate surface area is 272 Å². The lowest BCUT2D eigenvalue weighted by Crippen LogP contribution is -2.54. The highest BCUT2D eigenvalue weighted by molar-refractivity contribution is 5.38. The quantitative estimate of drug-likeness (QED) is 0.367. The van der Waals surface area contributed by atoms with E-state index >= 15 is 0 Å². The molecular formula is C36H54N4O6. The topological polar surface area (TPSA) is 133 Å². The van der Waals surface area contributed by atoms with Crippen LogP contribution in [0.3, 0.4) is 0 Å². The first-order chi connectivity index (χ1) is 21.9. The van der Waals surface area contributed by atoms with Gasteiger partial charge in [0.05, 0.1) is 35.8 Å². The monoisotopic (exact) mass is 638 g/mol. The molecular weight excluding hydrogens is 584 g/mol. The summed E-state index contributed by atoms with van der Waals surface area (Å²) < 4.78 is 14.6. The van der Waals surface area contributed by atoms with Crippen molar-refractivity contribution < 1.29 is 29.9 Å². The number of fused-ring (bicyclic) bond motifs is 6. The van der Waals surface area contributed by atoms with Gasteiger partial charge in [0.25, 0.3) is 0 Å². The van der Waals surface area contributed by atoms with Crippen molar-refractivity contribution in [3.05, 3.63) is 34.7 Å².